The second-order valence-corrected chi connectivity index (χ2v) is 6.06. The first kappa shape index (κ1) is 14.4. The van der Waals surface area contributed by atoms with Crippen LogP contribution in [0.3, 0.4) is 0 Å². The molecule has 0 radical (unpaired) electrons. The first-order valence-corrected chi connectivity index (χ1v) is 7.34. The fourth-order valence-electron chi connectivity index (χ4n) is 1.44. The summed E-state index contributed by atoms with van der Waals surface area (Å²) in [6.07, 6.45) is 4.36. The summed E-state index contributed by atoms with van der Waals surface area (Å²) in [5, 5.41) is 6.62. The average Bonchev–Trinajstić information content (AvgIpc) is 2.65. The fourth-order valence-corrected chi connectivity index (χ4v) is 2.42. The molecular formula is C14H24N2S. The van der Waals surface area contributed by atoms with Gasteiger partial charge in [0.15, 0.2) is 0 Å². The molecule has 0 spiro atoms. The highest BCUT2D eigenvalue weighted by Gasteiger charge is 2.13. The molecular weight excluding hydrogens is 228 g/mol. The summed E-state index contributed by atoms with van der Waals surface area (Å²) in [7, 11) is 2.00. The summed E-state index contributed by atoms with van der Waals surface area (Å²) in [5.41, 5.74) is 2.77. The molecule has 1 aromatic heterocycles. The lowest BCUT2D eigenvalue weighted by atomic mass is 9.93. The number of nitrogens with zero attached hydrogens (tertiary/aromatic N) is 2. The summed E-state index contributed by atoms with van der Waals surface area (Å²) < 4.78 is 1.96. The van der Waals surface area contributed by atoms with Crippen molar-refractivity contribution in [3.8, 4) is 0 Å². The minimum atomic E-state index is 0.424. The number of rotatable bonds is 6. The van der Waals surface area contributed by atoms with Gasteiger partial charge in [-0.15, -0.1) is 11.8 Å². The van der Waals surface area contributed by atoms with E-state index in [9.17, 15) is 0 Å². The largest absolute Gasteiger partial charge is 0.272 e. The van der Waals surface area contributed by atoms with E-state index in [0.717, 1.165) is 17.9 Å². The number of hydrogen-bond donors (Lipinski definition) is 0. The van der Waals surface area contributed by atoms with Crippen molar-refractivity contribution < 1.29 is 0 Å². The molecule has 0 atom stereocenters. The molecule has 0 aliphatic carbocycles. The Hall–Kier alpha value is -0.700. The van der Waals surface area contributed by atoms with Gasteiger partial charge in [0.25, 0.3) is 0 Å². The van der Waals surface area contributed by atoms with E-state index in [4.69, 9.17) is 0 Å². The molecule has 0 fully saturated rings. The minimum Gasteiger partial charge on any atom is -0.272 e. The van der Waals surface area contributed by atoms with Gasteiger partial charge in [-0.2, -0.15) is 5.10 Å². The monoisotopic (exact) mass is 252 g/mol. The molecule has 0 N–H and O–H groups in total. The van der Waals surface area contributed by atoms with Crippen molar-refractivity contribution in [2.45, 2.75) is 40.5 Å². The lowest BCUT2D eigenvalue weighted by Crippen LogP contribution is -2.11. The van der Waals surface area contributed by atoms with E-state index < -0.39 is 0 Å². The van der Waals surface area contributed by atoms with Gasteiger partial charge in [-0.3, -0.25) is 4.68 Å². The van der Waals surface area contributed by atoms with Crippen LogP contribution in [0.4, 0.5) is 0 Å². The van der Waals surface area contributed by atoms with Crippen LogP contribution in [0.1, 0.15) is 45.5 Å². The smallest absolute Gasteiger partial charge is 0.0858 e. The third kappa shape index (κ3) is 4.58. The van der Waals surface area contributed by atoms with Crippen LogP contribution in [-0.2, 0) is 13.5 Å². The lowest BCUT2D eigenvalue weighted by molar-refractivity contribution is 0.408. The van der Waals surface area contributed by atoms with E-state index >= 15 is 0 Å². The van der Waals surface area contributed by atoms with Gasteiger partial charge in [0.1, 0.15) is 0 Å². The maximum absolute atomic E-state index is 4.45. The molecule has 0 aliphatic heterocycles. The van der Waals surface area contributed by atoms with Crippen molar-refractivity contribution in [1.29, 1.82) is 0 Å². The van der Waals surface area contributed by atoms with Crippen molar-refractivity contribution in [3.63, 3.8) is 0 Å². The first-order valence-electron chi connectivity index (χ1n) is 6.29. The first-order chi connectivity index (χ1) is 7.98. The van der Waals surface area contributed by atoms with Crippen molar-refractivity contribution in [1.82, 2.24) is 9.78 Å². The molecule has 0 unspecified atom stereocenters. The van der Waals surface area contributed by atoms with Crippen LogP contribution < -0.4 is 0 Å². The Morgan fingerprint density at radius 3 is 2.65 bits per heavy atom. The molecule has 0 aromatic carbocycles. The predicted molar refractivity (Wildman–Crippen MR) is 78.2 cm³/mol. The second kappa shape index (κ2) is 6.29. The number of hydrogen-bond acceptors (Lipinski definition) is 2. The van der Waals surface area contributed by atoms with Crippen LogP contribution >= 0.6 is 11.8 Å². The van der Waals surface area contributed by atoms with Gasteiger partial charge in [0, 0.05) is 18.5 Å². The number of aromatic nitrogens is 2. The average molecular weight is 252 g/mol. The Balaban J connectivity index is 2.48. The van der Waals surface area contributed by atoms with Crippen LogP contribution in [0.25, 0.3) is 6.08 Å². The van der Waals surface area contributed by atoms with Crippen LogP contribution in [0.5, 0.6) is 0 Å². The number of thioether (sulfide) groups is 1. The Morgan fingerprint density at radius 1 is 1.41 bits per heavy atom. The van der Waals surface area contributed by atoms with Crippen LogP contribution in [-0.4, -0.2) is 15.5 Å². The zero-order chi connectivity index (χ0) is 12.9. The maximum atomic E-state index is 4.45. The van der Waals surface area contributed by atoms with Crippen molar-refractivity contribution >= 4 is 17.8 Å². The number of aryl methyl sites for hydroxylation is 2. The molecule has 1 aromatic rings. The van der Waals surface area contributed by atoms with E-state index in [-0.39, 0.29) is 0 Å². The van der Waals surface area contributed by atoms with Crippen molar-refractivity contribution in [2.24, 2.45) is 12.5 Å². The van der Waals surface area contributed by atoms with Crippen LogP contribution in [0, 0.1) is 5.41 Å². The Labute approximate surface area is 109 Å². The van der Waals surface area contributed by atoms with E-state index in [1.165, 1.54) is 12.1 Å². The van der Waals surface area contributed by atoms with Crippen molar-refractivity contribution in [3.05, 3.63) is 22.9 Å². The summed E-state index contributed by atoms with van der Waals surface area (Å²) >= 11 is 1.87. The maximum Gasteiger partial charge on any atom is 0.0858 e. The van der Waals surface area contributed by atoms with Gasteiger partial charge in [0.2, 0.25) is 0 Å². The summed E-state index contributed by atoms with van der Waals surface area (Å²) in [4.78, 5) is 0. The highest BCUT2D eigenvalue weighted by Crippen LogP contribution is 2.26. The fraction of sp³-hybridized carbons (Fsp3) is 0.643. The van der Waals surface area contributed by atoms with E-state index in [2.05, 4.69) is 50.3 Å². The van der Waals surface area contributed by atoms with Gasteiger partial charge < -0.3 is 0 Å². The SMILES string of the molecule is CCc1cc(C=CSCC(C)(C)CC)nn1C. The molecule has 0 amide bonds. The normalized spacial score (nSPS) is 12.5. The molecule has 1 heterocycles. The lowest BCUT2D eigenvalue weighted by Gasteiger charge is -2.20. The van der Waals surface area contributed by atoms with Crippen LogP contribution in [0.2, 0.25) is 0 Å². The molecule has 0 bridgehead atoms. The molecule has 1 rings (SSSR count). The summed E-state index contributed by atoms with van der Waals surface area (Å²) in [6.45, 7) is 9.02. The third-order valence-corrected chi connectivity index (χ3v) is 4.40. The standard InChI is InChI=1S/C14H24N2S/c1-6-13-10-12(15-16(13)5)8-9-17-11-14(3,4)7-2/h8-10H,6-7,11H2,1-5H3. The molecule has 3 heteroatoms. The van der Waals surface area contributed by atoms with E-state index in [1.54, 1.807) is 0 Å². The Kier molecular flexibility index (Phi) is 5.31. The second-order valence-electron chi connectivity index (χ2n) is 5.17. The van der Waals surface area contributed by atoms with Gasteiger partial charge in [-0.05, 0) is 29.4 Å². The molecule has 0 aliphatic rings. The highest BCUT2D eigenvalue weighted by atomic mass is 32.2. The van der Waals surface area contributed by atoms with Gasteiger partial charge >= 0.3 is 0 Å². The molecule has 17 heavy (non-hydrogen) atoms. The topological polar surface area (TPSA) is 17.8 Å². The van der Waals surface area contributed by atoms with Gasteiger partial charge in [0.05, 0.1) is 5.69 Å². The Morgan fingerprint density at radius 2 is 2.12 bits per heavy atom. The van der Waals surface area contributed by atoms with E-state index in [0.29, 0.717) is 5.41 Å². The predicted octanol–water partition coefficient (Wildman–Crippen LogP) is 4.12. The molecule has 96 valence electrons. The van der Waals surface area contributed by atoms with E-state index in [1.807, 2.05) is 23.5 Å². The molecule has 0 saturated carbocycles. The third-order valence-electron chi connectivity index (χ3n) is 3.12. The zero-order valence-corrected chi connectivity index (χ0v) is 12.5. The molecule has 0 saturated heterocycles. The van der Waals surface area contributed by atoms with Crippen LogP contribution in [0.15, 0.2) is 11.5 Å². The van der Waals surface area contributed by atoms with Crippen molar-refractivity contribution in [2.75, 3.05) is 5.75 Å². The van der Waals surface area contributed by atoms with Gasteiger partial charge in [-0.25, -0.2) is 0 Å². The zero-order valence-electron chi connectivity index (χ0n) is 11.7. The summed E-state index contributed by atoms with van der Waals surface area (Å²) in [6, 6.07) is 2.15. The van der Waals surface area contributed by atoms with Gasteiger partial charge in [-0.1, -0.05) is 34.1 Å². The highest BCUT2D eigenvalue weighted by molar-refractivity contribution is 8.02. The minimum absolute atomic E-state index is 0.424. The Bertz CT molecular complexity index is 378. The quantitative estimate of drug-likeness (QED) is 0.758. The molecule has 2 nitrogen and oxygen atoms in total. The summed E-state index contributed by atoms with van der Waals surface area (Å²) in [5.74, 6) is 1.16.